The maximum atomic E-state index is 12.2. The predicted octanol–water partition coefficient (Wildman–Crippen LogP) is 2.93. The van der Waals surface area contributed by atoms with Crippen molar-refractivity contribution in [2.75, 3.05) is 20.3 Å². The molecule has 0 heterocycles. The highest BCUT2D eigenvalue weighted by atomic mass is 35.5. The molecule has 1 aromatic rings. The van der Waals surface area contributed by atoms with Crippen molar-refractivity contribution in [3.63, 3.8) is 0 Å². The zero-order chi connectivity index (χ0) is 16.6. The van der Waals surface area contributed by atoms with Gasteiger partial charge in [0.2, 0.25) is 0 Å². The largest absolute Gasteiger partial charge is 0.493 e. The average molecular weight is 343 g/mol. The molecule has 0 saturated heterocycles. The molecule has 0 aliphatic carbocycles. The van der Waals surface area contributed by atoms with Gasteiger partial charge in [-0.25, -0.2) is 0 Å². The van der Waals surface area contributed by atoms with Crippen LogP contribution in [0.5, 0.6) is 11.5 Å². The number of ether oxygens (including phenoxy) is 2. The Labute approximate surface area is 144 Å². The van der Waals surface area contributed by atoms with Crippen LogP contribution in [0.15, 0.2) is 30.9 Å². The fourth-order valence-electron chi connectivity index (χ4n) is 1.94. The van der Waals surface area contributed by atoms with Crippen LogP contribution in [0.1, 0.15) is 37.0 Å². The minimum Gasteiger partial charge on any atom is -0.493 e. The second-order valence-electron chi connectivity index (χ2n) is 5.22. The Kier molecular flexibility index (Phi) is 9.37. The minimum absolute atomic E-state index is 0. The third-order valence-electron chi connectivity index (χ3n) is 3.79. The van der Waals surface area contributed by atoms with Gasteiger partial charge in [0.25, 0.3) is 5.91 Å². The number of nitrogens with two attached hydrogens (primary N) is 1. The van der Waals surface area contributed by atoms with Gasteiger partial charge >= 0.3 is 0 Å². The van der Waals surface area contributed by atoms with Crippen LogP contribution in [0.2, 0.25) is 0 Å². The summed E-state index contributed by atoms with van der Waals surface area (Å²) in [6.07, 6.45) is 3.26. The summed E-state index contributed by atoms with van der Waals surface area (Å²) in [7, 11) is 1.54. The van der Waals surface area contributed by atoms with Gasteiger partial charge in [-0.3, -0.25) is 4.79 Å². The Balaban J connectivity index is 0.00000484. The average Bonchev–Trinajstić information content (AvgIpc) is 2.57. The number of hydrogen-bond donors (Lipinski definition) is 2. The minimum atomic E-state index is -0.368. The second-order valence-corrected chi connectivity index (χ2v) is 5.22. The first-order chi connectivity index (χ1) is 10.5. The van der Waals surface area contributed by atoms with Crippen LogP contribution in [-0.2, 0) is 0 Å². The van der Waals surface area contributed by atoms with Crippen LogP contribution in [0.3, 0.4) is 0 Å². The summed E-state index contributed by atoms with van der Waals surface area (Å²) >= 11 is 0. The van der Waals surface area contributed by atoms with Gasteiger partial charge < -0.3 is 20.5 Å². The van der Waals surface area contributed by atoms with Crippen LogP contribution in [0.25, 0.3) is 0 Å². The predicted molar refractivity (Wildman–Crippen MR) is 95.8 cm³/mol. The molecule has 3 N–H and O–H groups in total. The summed E-state index contributed by atoms with van der Waals surface area (Å²) in [6, 6.07) is 5.07. The van der Waals surface area contributed by atoms with Gasteiger partial charge in [0.15, 0.2) is 11.5 Å². The first-order valence-corrected chi connectivity index (χ1v) is 7.48. The van der Waals surface area contributed by atoms with Crippen molar-refractivity contribution < 1.29 is 14.3 Å². The molecule has 0 spiro atoms. The van der Waals surface area contributed by atoms with Crippen molar-refractivity contribution in [3.05, 3.63) is 36.4 Å². The lowest BCUT2D eigenvalue weighted by Gasteiger charge is -2.26. The Bertz CT molecular complexity index is 517. The molecule has 1 aromatic carbocycles. The van der Waals surface area contributed by atoms with E-state index >= 15 is 0 Å². The molecule has 1 rings (SSSR count). The topological polar surface area (TPSA) is 73.6 Å². The summed E-state index contributed by atoms with van der Waals surface area (Å²) in [6.45, 7) is 8.46. The molecule has 0 aliphatic heterocycles. The Morgan fingerprint density at radius 1 is 1.35 bits per heavy atom. The van der Waals surface area contributed by atoms with E-state index in [0.717, 1.165) is 12.8 Å². The van der Waals surface area contributed by atoms with E-state index in [1.807, 2.05) is 13.8 Å². The van der Waals surface area contributed by atoms with Gasteiger partial charge in [-0.2, -0.15) is 0 Å². The fourth-order valence-corrected chi connectivity index (χ4v) is 1.94. The number of rotatable bonds is 9. The van der Waals surface area contributed by atoms with E-state index in [1.165, 1.54) is 7.11 Å². The maximum Gasteiger partial charge on any atom is 0.251 e. The van der Waals surface area contributed by atoms with Crippen molar-refractivity contribution in [1.29, 1.82) is 0 Å². The number of benzene rings is 1. The molecule has 0 fully saturated rings. The first-order valence-electron chi connectivity index (χ1n) is 7.48. The van der Waals surface area contributed by atoms with Gasteiger partial charge in [-0.15, -0.1) is 12.4 Å². The summed E-state index contributed by atoms with van der Waals surface area (Å²) < 4.78 is 10.7. The number of nitrogens with one attached hydrogen (secondary N) is 1. The van der Waals surface area contributed by atoms with Gasteiger partial charge in [0, 0.05) is 17.6 Å². The van der Waals surface area contributed by atoms with Crippen LogP contribution in [0.4, 0.5) is 0 Å². The molecular weight excluding hydrogens is 316 g/mol. The Morgan fingerprint density at radius 2 is 2.00 bits per heavy atom. The summed E-state index contributed by atoms with van der Waals surface area (Å²) in [4.78, 5) is 12.2. The van der Waals surface area contributed by atoms with E-state index in [4.69, 9.17) is 15.2 Å². The molecule has 1 amide bonds. The summed E-state index contributed by atoms with van der Waals surface area (Å²) in [5.74, 6) is 0.916. The summed E-state index contributed by atoms with van der Waals surface area (Å²) in [5, 5.41) is 2.88. The van der Waals surface area contributed by atoms with Crippen LogP contribution >= 0.6 is 12.4 Å². The van der Waals surface area contributed by atoms with Crippen molar-refractivity contribution in [2.24, 2.45) is 5.73 Å². The zero-order valence-corrected chi connectivity index (χ0v) is 14.9. The Morgan fingerprint density at radius 3 is 2.52 bits per heavy atom. The molecule has 0 aromatic heterocycles. The quantitative estimate of drug-likeness (QED) is 0.677. The fraction of sp³-hybridized carbons (Fsp3) is 0.471. The van der Waals surface area contributed by atoms with Crippen LogP contribution in [-0.4, -0.2) is 31.7 Å². The highest BCUT2D eigenvalue weighted by molar-refractivity contribution is 5.94. The Hall–Kier alpha value is -1.72. The van der Waals surface area contributed by atoms with Gasteiger partial charge in [-0.1, -0.05) is 26.5 Å². The molecule has 0 saturated carbocycles. The number of carbonyl (C=O) groups excluding carboxylic acids is 1. The third kappa shape index (κ3) is 6.12. The molecule has 6 heteroatoms. The maximum absolute atomic E-state index is 12.2. The van der Waals surface area contributed by atoms with E-state index in [0.29, 0.717) is 30.2 Å². The third-order valence-corrected chi connectivity index (χ3v) is 3.79. The second kappa shape index (κ2) is 10.1. The van der Waals surface area contributed by atoms with E-state index in [2.05, 4.69) is 11.9 Å². The number of hydrogen-bond acceptors (Lipinski definition) is 4. The van der Waals surface area contributed by atoms with Crippen molar-refractivity contribution in [1.82, 2.24) is 5.32 Å². The lowest BCUT2D eigenvalue weighted by molar-refractivity contribution is 0.0941. The monoisotopic (exact) mass is 342 g/mol. The zero-order valence-electron chi connectivity index (χ0n) is 14.1. The normalized spacial score (nSPS) is 10.4. The number of amides is 1. The molecule has 23 heavy (non-hydrogen) atoms. The lowest BCUT2D eigenvalue weighted by atomic mass is 9.94. The summed E-state index contributed by atoms with van der Waals surface area (Å²) in [5.41, 5.74) is 6.33. The van der Waals surface area contributed by atoms with E-state index < -0.39 is 0 Å². The van der Waals surface area contributed by atoms with Gasteiger partial charge in [0.1, 0.15) is 6.61 Å². The SMILES string of the molecule is C=CCOc1ccc(C(=O)NCC(N)(CC)CC)cc1OC.Cl. The standard InChI is InChI=1S/C17H26N2O3.ClH/c1-5-10-22-14-9-8-13(11-15(14)21-4)16(20)19-12-17(18,6-2)7-3;/h5,8-9,11H,1,6-7,10,12,18H2,2-4H3,(H,19,20);1H. The van der Waals surface area contributed by atoms with E-state index in [1.54, 1.807) is 24.3 Å². The molecule has 0 bridgehead atoms. The van der Waals surface area contributed by atoms with Crippen molar-refractivity contribution >= 4 is 18.3 Å². The molecule has 0 radical (unpaired) electrons. The lowest BCUT2D eigenvalue weighted by Crippen LogP contribution is -2.49. The molecule has 130 valence electrons. The number of methoxy groups -OCH3 is 1. The van der Waals surface area contributed by atoms with Gasteiger partial charge in [0.05, 0.1) is 7.11 Å². The van der Waals surface area contributed by atoms with E-state index in [-0.39, 0.29) is 23.9 Å². The molecule has 0 aliphatic rings. The first kappa shape index (κ1) is 21.3. The number of carbonyl (C=O) groups is 1. The molecule has 0 unspecified atom stereocenters. The highest BCUT2D eigenvalue weighted by Crippen LogP contribution is 2.28. The molecule has 5 nitrogen and oxygen atoms in total. The van der Waals surface area contributed by atoms with Crippen LogP contribution < -0.4 is 20.5 Å². The highest BCUT2D eigenvalue weighted by Gasteiger charge is 2.21. The van der Waals surface area contributed by atoms with E-state index in [9.17, 15) is 4.79 Å². The molecular formula is C17H27ClN2O3. The van der Waals surface area contributed by atoms with Crippen molar-refractivity contribution in [2.45, 2.75) is 32.2 Å². The number of halogens is 1. The van der Waals surface area contributed by atoms with Crippen LogP contribution in [0, 0.1) is 0 Å². The molecule has 0 atom stereocenters. The van der Waals surface area contributed by atoms with Gasteiger partial charge in [-0.05, 0) is 31.0 Å². The van der Waals surface area contributed by atoms with Crippen molar-refractivity contribution in [3.8, 4) is 11.5 Å². The smallest absolute Gasteiger partial charge is 0.251 e.